The van der Waals surface area contributed by atoms with Gasteiger partial charge in [-0.2, -0.15) is 5.10 Å². The van der Waals surface area contributed by atoms with Crippen molar-refractivity contribution in [1.82, 2.24) is 15.2 Å². The molecule has 1 rings (SSSR count). The van der Waals surface area contributed by atoms with Crippen LogP contribution in [0.15, 0.2) is 5.10 Å². The maximum Gasteiger partial charge on any atom is 0.317 e. The third kappa shape index (κ3) is 5.06. The predicted molar refractivity (Wildman–Crippen MR) is 70.2 cm³/mol. The van der Waals surface area contributed by atoms with Gasteiger partial charge in [0, 0.05) is 24.8 Å². The lowest BCUT2D eigenvalue weighted by atomic mass is 10.1. The molecule has 0 aromatic carbocycles. The summed E-state index contributed by atoms with van der Waals surface area (Å²) in [6.45, 7) is 11.1. The van der Waals surface area contributed by atoms with E-state index in [1.54, 1.807) is 0 Å². The summed E-state index contributed by atoms with van der Waals surface area (Å²) in [5, 5.41) is 9.32. The van der Waals surface area contributed by atoms with E-state index in [0.717, 1.165) is 32.6 Å². The monoisotopic (exact) mass is 240 g/mol. The molecule has 1 N–H and O–H groups in total. The standard InChI is InChI=1S/C12H24N4O/c1-5-6-13-16-9-7-15(8-10-16)11(17)14-12(2,3)4/h6H,5,7-10H2,1-4H3,(H,14,17)/b13-6+. The van der Waals surface area contributed by atoms with Gasteiger partial charge in [0.05, 0.1) is 13.1 Å². The van der Waals surface area contributed by atoms with Crippen molar-refractivity contribution < 1.29 is 4.79 Å². The van der Waals surface area contributed by atoms with Gasteiger partial charge in [0.2, 0.25) is 0 Å². The number of carbonyl (C=O) groups is 1. The van der Waals surface area contributed by atoms with E-state index in [4.69, 9.17) is 0 Å². The zero-order valence-electron chi connectivity index (χ0n) is 11.4. The summed E-state index contributed by atoms with van der Waals surface area (Å²) < 4.78 is 0. The van der Waals surface area contributed by atoms with Crippen LogP contribution in [0.25, 0.3) is 0 Å². The fourth-order valence-electron chi connectivity index (χ4n) is 1.61. The summed E-state index contributed by atoms with van der Waals surface area (Å²) in [6, 6.07) is 0.0246. The molecule has 0 aliphatic carbocycles. The van der Waals surface area contributed by atoms with Crippen LogP contribution in [0, 0.1) is 0 Å². The number of rotatable bonds is 2. The number of carbonyl (C=O) groups excluding carboxylic acids is 1. The van der Waals surface area contributed by atoms with Gasteiger partial charge >= 0.3 is 6.03 Å². The van der Waals surface area contributed by atoms with Crippen molar-refractivity contribution in [2.24, 2.45) is 5.10 Å². The van der Waals surface area contributed by atoms with Gasteiger partial charge in [-0.05, 0) is 27.2 Å². The molecule has 0 aromatic heterocycles. The van der Waals surface area contributed by atoms with Crippen molar-refractivity contribution in [3.8, 4) is 0 Å². The van der Waals surface area contributed by atoms with Gasteiger partial charge in [-0.15, -0.1) is 0 Å². The normalized spacial score (nSPS) is 17.6. The third-order valence-electron chi connectivity index (χ3n) is 2.45. The zero-order valence-corrected chi connectivity index (χ0v) is 11.4. The highest BCUT2D eigenvalue weighted by Gasteiger charge is 2.23. The number of hydrogen-bond acceptors (Lipinski definition) is 3. The molecule has 0 spiro atoms. The van der Waals surface area contributed by atoms with Crippen molar-refractivity contribution in [1.29, 1.82) is 0 Å². The van der Waals surface area contributed by atoms with Crippen LogP contribution in [0.5, 0.6) is 0 Å². The Hall–Kier alpha value is -1.26. The highest BCUT2D eigenvalue weighted by molar-refractivity contribution is 5.75. The highest BCUT2D eigenvalue weighted by atomic mass is 16.2. The van der Waals surface area contributed by atoms with Crippen molar-refractivity contribution >= 4 is 12.2 Å². The predicted octanol–water partition coefficient (Wildman–Crippen LogP) is 1.51. The molecule has 1 saturated heterocycles. The Balaban J connectivity index is 2.36. The number of hydrazone groups is 1. The Morgan fingerprint density at radius 2 is 1.88 bits per heavy atom. The fraction of sp³-hybridized carbons (Fsp3) is 0.833. The summed E-state index contributed by atoms with van der Waals surface area (Å²) in [5.41, 5.74) is -0.172. The highest BCUT2D eigenvalue weighted by Crippen LogP contribution is 2.05. The molecule has 5 heteroatoms. The maximum atomic E-state index is 11.9. The summed E-state index contributed by atoms with van der Waals surface area (Å²) in [5.74, 6) is 0. The lowest BCUT2D eigenvalue weighted by Crippen LogP contribution is -2.54. The molecule has 0 saturated carbocycles. The molecule has 98 valence electrons. The second-order valence-corrected chi connectivity index (χ2v) is 5.33. The fourth-order valence-corrected chi connectivity index (χ4v) is 1.61. The van der Waals surface area contributed by atoms with Gasteiger partial charge in [-0.3, -0.25) is 5.01 Å². The molecule has 5 nitrogen and oxygen atoms in total. The van der Waals surface area contributed by atoms with E-state index < -0.39 is 0 Å². The number of amides is 2. The SMILES string of the molecule is CC/C=N/N1CCN(C(=O)NC(C)(C)C)CC1. The van der Waals surface area contributed by atoms with Crippen LogP contribution in [0.1, 0.15) is 34.1 Å². The summed E-state index contributed by atoms with van der Waals surface area (Å²) >= 11 is 0. The Kier molecular flexibility index (Phi) is 4.78. The molecule has 1 aliphatic heterocycles. The van der Waals surface area contributed by atoms with Gasteiger partial charge < -0.3 is 10.2 Å². The number of urea groups is 1. The average molecular weight is 240 g/mol. The van der Waals surface area contributed by atoms with E-state index in [1.165, 1.54) is 0 Å². The first-order valence-corrected chi connectivity index (χ1v) is 6.27. The summed E-state index contributed by atoms with van der Waals surface area (Å²) in [6.07, 6.45) is 2.86. The average Bonchev–Trinajstić information content (AvgIpc) is 2.24. The zero-order chi connectivity index (χ0) is 12.9. The molecule has 1 heterocycles. The molecule has 17 heavy (non-hydrogen) atoms. The molecular formula is C12H24N4O. The minimum atomic E-state index is -0.172. The van der Waals surface area contributed by atoms with Crippen LogP contribution in [-0.2, 0) is 0 Å². The number of nitrogens with zero attached hydrogens (tertiary/aromatic N) is 3. The van der Waals surface area contributed by atoms with E-state index >= 15 is 0 Å². The Morgan fingerprint density at radius 3 is 2.35 bits per heavy atom. The van der Waals surface area contributed by atoms with Gasteiger partial charge in [0.1, 0.15) is 0 Å². The molecule has 2 amide bonds. The van der Waals surface area contributed by atoms with Gasteiger partial charge in [-0.25, -0.2) is 4.79 Å². The molecule has 0 atom stereocenters. The van der Waals surface area contributed by atoms with Crippen LogP contribution in [0.3, 0.4) is 0 Å². The van der Waals surface area contributed by atoms with Gasteiger partial charge in [0.25, 0.3) is 0 Å². The summed E-state index contributed by atoms with van der Waals surface area (Å²) in [4.78, 5) is 13.7. The van der Waals surface area contributed by atoms with Crippen LogP contribution < -0.4 is 5.32 Å². The van der Waals surface area contributed by atoms with E-state index in [1.807, 2.05) is 36.9 Å². The van der Waals surface area contributed by atoms with Gasteiger partial charge in [0.15, 0.2) is 0 Å². The van der Waals surface area contributed by atoms with Crippen LogP contribution in [-0.4, -0.2) is 53.9 Å². The second kappa shape index (κ2) is 5.89. The van der Waals surface area contributed by atoms with Gasteiger partial charge in [-0.1, -0.05) is 6.92 Å². The lowest BCUT2D eigenvalue weighted by Gasteiger charge is -2.35. The second-order valence-electron chi connectivity index (χ2n) is 5.33. The van der Waals surface area contributed by atoms with E-state index in [0.29, 0.717) is 0 Å². The lowest BCUT2D eigenvalue weighted by molar-refractivity contribution is 0.137. The Labute approximate surface area is 104 Å². The largest absolute Gasteiger partial charge is 0.333 e. The number of hydrogen-bond donors (Lipinski definition) is 1. The number of piperazine rings is 1. The van der Waals surface area contributed by atoms with Crippen molar-refractivity contribution in [3.05, 3.63) is 0 Å². The van der Waals surface area contributed by atoms with E-state index in [2.05, 4.69) is 17.3 Å². The Morgan fingerprint density at radius 1 is 1.29 bits per heavy atom. The topological polar surface area (TPSA) is 47.9 Å². The summed E-state index contributed by atoms with van der Waals surface area (Å²) in [7, 11) is 0. The number of nitrogens with one attached hydrogen (secondary N) is 1. The van der Waals surface area contributed by atoms with Crippen molar-refractivity contribution in [3.63, 3.8) is 0 Å². The van der Waals surface area contributed by atoms with Crippen molar-refractivity contribution in [2.45, 2.75) is 39.7 Å². The first-order valence-electron chi connectivity index (χ1n) is 6.27. The van der Waals surface area contributed by atoms with E-state index in [-0.39, 0.29) is 11.6 Å². The molecule has 1 aliphatic rings. The van der Waals surface area contributed by atoms with Crippen molar-refractivity contribution in [2.75, 3.05) is 26.2 Å². The minimum Gasteiger partial charge on any atom is -0.333 e. The molecule has 0 aromatic rings. The van der Waals surface area contributed by atoms with E-state index in [9.17, 15) is 4.79 Å². The van der Waals surface area contributed by atoms with Crippen LogP contribution >= 0.6 is 0 Å². The molecule has 0 radical (unpaired) electrons. The minimum absolute atomic E-state index is 0.0246. The quantitative estimate of drug-likeness (QED) is 0.744. The smallest absolute Gasteiger partial charge is 0.317 e. The first kappa shape index (κ1) is 13.8. The first-order chi connectivity index (χ1) is 7.92. The molecule has 0 unspecified atom stereocenters. The molecule has 1 fully saturated rings. The van der Waals surface area contributed by atoms with Crippen LogP contribution in [0.4, 0.5) is 4.79 Å². The third-order valence-corrected chi connectivity index (χ3v) is 2.45. The molecular weight excluding hydrogens is 216 g/mol. The Bertz CT molecular complexity index is 275. The maximum absolute atomic E-state index is 11.9. The van der Waals surface area contributed by atoms with Crippen LogP contribution in [0.2, 0.25) is 0 Å². The molecule has 0 bridgehead atoms.